The van der Waals surface area contributed by atoms with Crippen LogP contribution in [-0.2, 0) is 0 Å². The summed E-state index contributed by atoms with van der Waals surface area (Å²) in [7, 11) is 0. The molecule has 0 amide bonds. The Morgan fingerprint density at radius 3 is 1.02 bits per heavy atom. The van der Waals surface area contributed by atoms with E-state index in [4.69, 9.17) is 39.9 Å². The second-order valence-electron chi connectivity index (χ2n) is 34.3. The average molecular weight is 1860 g/mol. The number of thiophene rings is 4. The molecule has 18 aromatic carbocycles. The highest BCUT2D eigenvalue weighted by Gasteiger charge is 2.23. The Kier molecular flexibility index (Phi) is 22.2. The predicted molar refractivity (Wildman–Crippen MR) is 591 cm³/mol. The van der Waals surface area contributed by atoms with Crippen molar-refractivity contribution < 1.29 is 0 Å². The Bertz CT molecular complexity index is 9280. The van der Waals surface area contributed by atoms with E-state index in [2.05, 4.69) is 362 Å². The molecule has 0 aliphatic rings. The van der Waals surface area contributed by atoms with Crippen LogP contribution in [0.2, 0.25) is 0 Å². The lowest BCUT2D eigenvalue weighted by molar-refractivity contribution is 1.23. The minimum Gasteiger partial charge on any atom is -0.262 e. The van der Waals surface area contributed by atoms with Crippen LogP contribution in [-0.4, -0.2) is 49.8 Å². The summed E-state index contributed by atoms with van der Waals surface area (Å²) in [6.45, 7) is 0. The van der Waals surface area contributed by atoms with Gasteiger partial charge in [-0.2, -0.15) is 0 Å². The molecule has 14 heteroatoms. The Labute approximate surface area is 821 Å². The van der Waals surface area contributed by atoms with E-state index >= 15 is 0 Å². The van der Waals surface area contributed by atoms with Gasteiger partial charge in [-0.05, 0) is 123 Å². The summed E-state index contributed by atoms with van der Waals surface area (Å²) in [5.41, 5.74) is 28.5. The van der Waals surface area contributed by atoms with Gasteiger partial charge in [-0.1, -0.05) is 376 Å². The fourth-order valence-electron chi connectivity index (χ4n) is 19.1. The van der Waals surface area contributed by atoms with Gasteiger partial charge in [0.05, 0.1) is 56.9 Å². The smallest absolute Gasteiger partial charge is 0.178 e. The van der Waals surface area contributed by atoms with Crippen molar-refractivity contribution >= 4 is 170 Å². The van der Waals surface area contributed by atoms with E-state index in [1.54, 1.807) is 18.6 Å². The molecule has 0 saturated carbocycles. The van der Waals surface area contributed by atoms with E-state index in [-0.39, 0.29) is 0 Å². The van der Waals surface area contributed by atoms with Gasteiger partial charge in [0.1, 0.15) is 11.0 Å². The number of pyridine rings is 2. The lowest BCUT2D eigenvalue weighted by Gasteiger charge is -2.11. The molecule has 656 valence electrons. The van der Waals surface area contributed by atoms with Gasteiger partial charge in [0.25, 0.3) is 0 Å². The van der Waals surface area contributed by atoms with Crippen LogP contribution in [0, 0.1) is 0 Å². The minimum atomic E-state index is 0.655. The van der Waals surface area contributed by atoms with Gasteiger partial charge in [0, 0.05) is 148 Å². The highest BCUT2D eigenvalue weighted by Crippen LogP contribution is 2.48. The van der Waals surface area contributed by atoms with Crippen LogP contribution in [0.1, 0.15) is 0 Å². The molecule has 0 atom stereocenters. The number of nitrogens with zero attached hydrogens (tertiary/aromatic N) is 10. The molecule has 0 spiro atoms. The third-order valence-electron chi connectivity index (χ3n) is 25.7. The number of aromatic nitrogens is 10. The lowest BCUT2D eigenvalue weighted by atomic mass is 9.97. The number of fused-ring (bicyclic) bond motifs is 16. The van der Waals surface area contributed by atoms with Crippen molar-refractivity contribution in [3.63, 3.8) is 0 Å². The van der Waals surface area contributed by atoms with Crippen molar-refractivity contribution in [3.05, 3.63) is 474 Å². The van der Waals surface area contributed by atoms with Crippen molar-refractivity contribution in [3.8, 4) is 135 Å². The summed E-state index contributed by atoms with van der Waals surface area (Å²) in [6, 6.07) is 159. The molecule has 0 unspecified atom stereocenters. The minimum absolute atomic E-state index is 0.655. The van der Waals surface area contributed by atoms with Crippen molar-refractivity contribution in [2.45, 2.75) is 0 Å². The normalized spacial score (nSPS) is 11.4. The first kappa shape index (κ1) is 84.3. The van der Waals surface area contributed by atoms with Gasteiger partial charge in [0.2, 0.25) is 0 Å². The summed E-state index contributed by atoms with van der Waals surface area (Å²) in [4.78, 5) is 48.6. The molecule has 0 radical (unpaired) electrons. The Hall–Kier alpha value is -17.5. The maximum absolute atomic E-state index is 5.06. The number of benzene rings is 18. The van der Waals surface area contributed by atoms with Crippen molar-refractivity contribution in [1.82, 2.24) is 49.8 Å². The Morgan fingerprint density at radius 1 is 0.164 bits per heavy atom. The standard InChI is InChI=1S/2C32H20N2S.2C31H19N3S/c1-3-10-21(11-4-1)30-27-20-23(18-19-28(27)33-32(34-30)22-12-5-2-6-13-22)24-15-9-16-26-25-14-7-8-17-29(25)35-31(24)26;1-3-10-21(11-4-1)30-27-19-18-23(20-28(27)33-32(34-30)22-12-5-2-6-13-22)24-15-9-16-26-25-14-7-8-17-29(25)35-31(24)26;1-2-8-21(9-3-1)30-29(33-25-12-7-19-32-31(25)34-30)22-17-15-20(16-18-22)23-11-6-14-27-28(23)24-10-4-5-13-26(24)35-27;1-2-7-21(8-3-1)30-31(33-25-17-18-32-19-26(25)34-30)22-15-13-20(14-16-22)23-10-6-12-28-29(23)24-9-4-5-11-27(24)35-28/h2*1-20H;2*1-19H. The van der Waals surface area contributed by atoms with Crippen molar-refractivity contribution in [1.29, 1.82) is 0 Å². The van der Waals surface area contributed by atoms with Crippen LogP contribution in [0.5, 0.6) is 0 Å². The van der Waals surface area contributed by atoms with Gasteiger partial charge in [-0.25, -0.2) is 44.9 Å². The van der Waals surface area contributed by atoms with Crippen molar-refractivity contribution in [2.75, 3.05) is 0 Å². The zero-order valence-corrected chi connectivity index (χ0v) is 78.4. The third-order valence-corrected chi connectivity index (χ3v) is 30.4. The number of hydrogen-bond donors (Lipinski definition) is 0. The van der Waals surface area contributed by atoms with Gasteiger partial charge >= 0.3 is 0 Å². The molecule has 0 bridgehead atoms. The largest absolute Gasteiger partial charge is 0.262 e. The molecular weight excluding hydrogens is 1780 g/mol. The highest BCUT2D eigenvalue weighted by atomic mass is 32.1. The predicted octanol–water partition coefficient (Wildman–Crippen LogP) is 34.8. The van der Waals surface area contributed by atoms with Crippen LogP contribution in [0.4, 0.5) is 0 Å². The molecule has 0 saturated heterocycles. The molecule has 28 aromatic rings. The first-order valence-corrected chi connectivity index (χ1v) is 49.7. The molecular formula is C126H78N10S4. The van der Waals surface area contributed by atoms with Gasteiger partial charge in [-0.15, -0.1) is 45.3 Å². The first-order valence-electron chi connectivity index (χ1n) is 46.4. The maximum Gasteiger partial charge on any atom is 0.178 e. The molecule has 10 aromatic heterocycles. The van der Waals surface area contributed by atoms with Gasteiger partial charge in [-0.3, -0.25) is 4.98 Å². The summed E-state index contributed by atoms with van der Waals surface area (Å²) in [6.07, 6.45) is 5.29. The molecule has 10 nitrogen and oxygen atoms in total. The second-order valence-corrected chi connectivity index (χ2v) is 38.5. The molecule has 10 heterocycles. The fourth-order valence-corrected chi connectivity index (χ4v) is 23.8. The van der Waals surface area contributed by atoms with E-state index in [1.807, 2.05) is 148 Å². The van der Waals surface area contributed by atoms with Crippen LogP contribution < -0.4 is 0 Å². The van der Waals surface area contributed by atoms with E-state index in [9.17, 15) is 0 Å². The molecule has 0 N–H and O–H groups in total. The molecule has 140 heavy (non-hydrogen) atoms. The number of hydrogen-bond acceptors (Lipinski definition) is 14. The highest BCUT2D eigenvalue weighted by molar-refractivity contribution is 7.27. The topological polar surface area (TPSA) is 129 Å². The van der Waals surface area contributed by atoms with Crippen LogP contribution in [0.15, 0.2) is 474 Å². The third kappa shape index (κ3) is 16.1. The van der Waals surface area contributed by atoms with E-state index in [0.29, 0.717) is 5.65 Å². The molecule has 0 fully saturated rings. The lowest BCUT2D eigenvalue weighted by Crippen LogP contribution is -1.96. The first-order chi connectivity index (χ1) is 69.4. The Balaban J connectivity index is 0.0000000985. The number of rotatable bonds is 12. The fraction of sp³-hybridized carbons (Fsp3) is 0. The van der Waals surface area contributed by atoms with Crippen LogP contribution in [0.25, 0.3) is 260 Å². The summed E-state index contributed by atoms with van der Waals surface area (Å²) < 4.78 is 10.5. The van der Waals surface area contributed by atoms with E-state index in [0.717, 1.165) is 129 Å². The quantitative estimate of drug-likeness (QED) is 0.117. The van der Waals surface area contributed by atoms with Gasteiger partial charge in [0.15, 0.2) is 17.3 Å². The summed E-state index contributed by atoms with van der Waals surface area (Å²) in [5.74, 6) is 1.49. The molecule has 0 aliphatic carbocycles. The Morgan fingerprint density at radius 2 is 0.521 bits per heavy atom. The van der Waals surface area contributed by atoms with Crippen LogP contribution >= 0.6 is 45.3 Å². The summed E-state index contributed by atoms with van der Waals surface area (Å²) in [5, 5.41) is 12.6. The monoisotopic (exact) mass is 1860 g/mol. The zero-order chi connectivity index (χ0) is 92.8. The summed E-state index contributed by atoms with van der Waals surface area (Å²) >= 11 is 7.41. The maximum atomic E-state index is 5.06. The average Bonchev–Trinajstić information content (AvgIpc) is 1.72. The van der Waals surface area contributed by atoms with Gasteiger partial charge < -0.3 is 0 Å². The zero-order valence-electron chi connectivity index (χ0n) is 75.1. The van der Waals surface area contributed by atoms with E-state index < -0.39 is 0 Å². The SMILES string of the molecule is c1ccc(-c2nc(-c3ccccc3)c3cc(-c4cccc5c4sc4ccccc45)ccc3n2)cc1.c1ccc(-c2nc(-c3ccccc3)c3ccc(-c4cccc5c4sc4ccccc45)cc3n2)cc1.c1ccc(-c2nc3cnccc3nc2-c2ccc(-c3cccc4sc5ccccc5c34)cc2)cc1.c1ccc(-c2nc3ncccc3nc2-c2ccc(-c3cccc4sc5ccccc5c34)cc2)cc1. The molecule has 28 rings (SSSR count). The van der Waals surface area contributed by atoms with E-state index in [1.165, 1.54) is 125 Å². The second kappa shape index (κ2) is 37.0. The van der Waals surface area contributed by atoms with Crippen molar-refractivity contribution in [2.24, 2.45) is 0 Å². The van der Waals surface area contributed by atoms with Crippen LogP contribution in [0.3, 0.4) is 0 Å². The molecule has 0 aliphatic heterocycles.